The first kappa shape index (κ1) is 23.5. The van der Waals surface area contributed by atoms with Crippen molar-refractivity contribution < 1.29 is 22.4 Å². The van der Waals surface area contributed by atoms with Gasteiger partial charge in [0.05, 0.1) is 13.2 Å². The predicted molar refractivity (Wildman–Crippen MR) is 103 cm³/mol. The van der Waals surface area contributed by atoms with Gasteiger partial charge in [-0.25, -0.2) is 0 Å². The lowest BCUT2D eigenvalue weighted by molar-refractivity contribution is -0.0302. The van der Waals surface area contributed by atoms with E-state index in [1.54, 1.807) is 14.2 Å². The van der Waals surface area contributed by atoms with Crippen molar-refractivity contribution in [2.24, 2.45) is 0 Å². The highest BCUT2D eigenvalue weighted by atomic mass is 28.5. The Morgan fingerprint density at radius 2 is 1.30 bits per heavy atom. The Morgan fingerprint density at radius 1 is 0.783 bits per heavy atom. The van der Waals surface area contributed by atoms with Crippen LogP contribution in [0, 0.1) is 0 Å². The number of ether oxygens (including phenoxy) is 3. The maximum atomic E-state index is 6.48. The number of methoxy groups -OCH3 is 2. The van der Waals surface area contributed by atoms with Gasteiger partial charge in [-0.05, 0) is 58.3 Å². The normalized spacial score (nSPS) is 15.0. The van der Waals surface area contributed by atoms with Crippen LogP contribution in [0.4, 0.5) is 0 Å². The van der Waals surface area contributed by atoms with Crippen LogP contribution in [0.1, 0.15) is 6.42 Å². The molecule has 0 aliphatic carbocycles. The minimum Gasteiger partial charge on any atom is -0.437 e. The molecule has 0 bridgehead atoms. The lowest BCUT2D eigenvalue weighted by atomic mass is 10.4. The summed E-state index contributed by atoms with van der Waals surface area (Å²) in [7, 11) is -2.01. The van der Waals surface area contributed by atoms with Gasteiger partial charge in [0.15, 0.2) is 16.6 Å². The molecule has 0 spiro atoms. The smallest absolute Gasteiger partial charge is 0.314 e. The molecule has 0 aliphatic rings. The quantitative estimate of drug-likeness (QED) is 0.358. The van der Waals surface area contributed by atoms with Crippen LogP contribution >= 0.6 is 0 Å². The fraction of sp³-hybridized carbons (Fsp3) is 1.00. The summed E-state index contributed by atoms with van der Waals surface area (Å²) < 4.78 is 29.1. The number of hydrogen-bond acceptors (Lipinski definition) is 5. The zero-order valence-corrected chi connectivity index (χ0v) is 19.7. The number of rotatable bonds is 13. The molecule has 1 atom stereocenters. The Balaban J connectivity index is 4.35. The van der Waals surface area contributed by atoms with Crippen LogP contribution < -0.4 is 0 Å². The van der Waals surface area contributed by atoms with Gasteiger partial charge >= 0.3 is 8.56 Å². The van der Waals surface area contributed by atoms with Gasteiger partial charge in [0.2, 0.25) is 0 Å². The molecule has 8 heteroatoms. The van der Waals surface area contributed by atoms with E-state index in [2.05, 4.69) is 45.8 Å². The third-order valence-corrected chi connectivity index (χ3v) is 12.6. The van der Waals surface area contributed by atoms with Crippen LogP contribution in [0.2, 0.25) is 51.9 Å². The maximum Gasteiger partial charge on any atom is 0.314 e. The van der Waals surface area contributed by atoms with Crippen LogP contribution in [0.25, 0.3) is 0 Å². The van der Waals surface area contributed by atoms with E-state index in [0.717, 1.165) is 12.5 Å². The van der Waals surface area contributed by atoms with E-state index in [1.165, 1.54) is 0 Å². The second kappa shape index (κ2) is 10.4. The molecule has 0 aliphatic heterocycles. The molecule has 0 rings (SSSR count). The minimum atomic E-state index is -2.13. The van der Waals surface area contributed by atoms with Gasteiger partial charge in [-0.1, -0.05) is 0 Å². The maximum absolute atomic E-state index is 6.48. The van der Waals surface area contributed by atoms with Crippen molar-refractivity contribution in [3.05, 3.63) is 0 Å². The first-order valence-corrected chi connectivity index (χ1v) is 17.7. The van der Waals surface area contributed by atoms with Gasteiger partial charge in [-0.2, -0.15) is 0 Å². The summed E-state index contributed by atoms with van der Waals surface area (Å²) in [5, 5.41) is 0. The van der Waals surface area contributed by atoms with Crippen LogP contribution in [0.3, 0.4) is 0 Å². The zero-order valence-electron chi connectivity index (χ0n) is 16.7. The average molecular weight is 383 g/mol. The molecular weight excluding hydrogens is 344 g/mol. The topological polar surface area (TPSA) is 46.2 Å². The molecule has 5 nitrogen and oxygen atoms in total. The molecule has 0 amide bonds. The minimum absolute atomic E-state index is 0.0000867. The van der Waals surface area contributed by atoms with Crippen molar-refractivity contribution in [3.8, 4) is 0 Å². The van der Waals surface area contributed by atoms with Crippen LogP contribution in [-0.2, 0) is 22.4 Å². The van der Waals surface area contributed by atoms with Crippen molar-refractivity contribution in [2.75, 3.05) is 34.0 Å². The summed E-state index contributed by atoms with van der Waals surface area (Å²) >= 11 is 0. The summed E-state index contributed by atoms with van der Waals surface area (Å²) in [6.07, 6.45) is 0.960. The highest BCUT2D eigenvalue weighted by molar-refractivity contribution is 6.87. The SMILES string of the molecule is COCC(COCCC[Si](C)(O[Si](C)(C)C)O[Si](C)(C)C)OC. The molecule has 0 saturated heterocycles. The molecule has 0 aromatic heterocycles. The fourth-order valence-electron chi connectivity index (χ4n) is 2.50. The molecule has 0 N–H and O–H groups in total. The lowest BCUT2D eigenvalue weighted by Gasteiger charge is -2.38. The Bertz CT molecular complexity index is 299. The van der Waals surface area contributed by atoms with Gasteiger partial charge in [-0.3, -0.25) is 0 Å². The van der Waals surface area contributed by atoms with Crippen LogP contribution in [0.15, 0.2) is 0 Å². The Hall–Kier alpha value is 0.451. The van der Waals surface area contributed by atoms with E-state index in [-0.39, 0.29) is 6.10 Å². The van der Waals surface area contributed by atoms with E-state index in [4.69, 9.17) is 22.4 Å². The third kappa shape index (κ3) is 13.4. The van der Waals surface area contributed by atoms with E-state index in [0.29, 0.717) is 19.8 Å². The molecule has 0 radical (unpaired) electrons. The van der Waals surface area contributed by atoms with Crippen LogP contribution in [0.5, 0.6) is 0 Å². The zero-order chi connectivity index (χ0) is 18.1. The summed E-state index contributed by atoms with van der Waals surface area (Å²) in [5.41, 5.74) is 0. The van der Waals surface area contributed by atoms with Gasteiger partial charge in [-0.15, -0.1) is 0 Å². The van der Waals surface area contributed by atoms with Crippen LogP contribution in [-0.4, -0.2) is 65.3 Å². The van der Waals surface area contributed by atoms with Crippen molar-refractivity contribution in [2.45, 2.75) is 64.4 Å². The second-order valence-corrected chi connectivity index (χ2v) is 20.9. The molecule has 0 aromatic carbocycles. The Kier molecular flexibility index (Phi) is 10.6. The first-order chi connectivity index (χ1) is 10.4. The third-order valence-electron chi connectivity index (χ3n) is 2.95. The average Bonchev–Trinajstić information content (AvgIpc) is 2.32. The van der Waals surface area contributed by atoms with Gasteiger partial charge < -0.3 is 22.4 Å². The molecular formula is C15H38O5Si3. The molecule has 140 valence electrons. The molecule has 0 fully saturated rings. The van der Waals surface area contributed by atoms with Crippen molar-refractivity contribution in [3.63, 3.8) is 0 Å². The standard InChI is InChI=1S/C15H38O5Si3/c1-16-13-15(17-2)14-18-11-10-12-23(9,19-21(3,4)5)20-22(6,7)8/h15H,10-14H2,1-9H3. The Labute approximate surface area is 146 Å². The summed E-state index contributed by atoms with van der Waals surface area (Å²) in [6.45, 7) is 17.4. The molecule has 0 aromatic rings. The van der Waals surface area contributed by atoms with E-state index >= 15 is 0 Å². The molecule has 0 heterocycles. The second-order valence-electron chi connectivity index (χ2n) is 8.05. The Morgan fingerprint density at radius 3 is 1.70 bits per heavy atom. The van der Waals surface area contributed by atoms with Gasteiger partial charge in [0.1, 0.15) is 6.10 Å². The molecule has 1 unspecified atom stereocenters. The summed E-state index contributed by atoms with van der Waals surface area (Å²) in [4.78, 5) is 0. The van der Waals surface area contributed by atoms with Crippen molar-refractivity contribution in [1.29, 1.82) is 0 Å². The largest absolute Gasteiger partial charge is 0.437 e. The summed E-state index contributed by atoms with van der Waals surface area (Å²) in [6, 6.07) is 0.976. The van der Waals surface area contributed by atoms with Gasteiger partial charge in [0, 0.05) is 20.8 Å². The highest BCUT2D eigenvalue weighted by Crippen LogP contribution is 2.25. The lowest BCUT2D eigenvalue weighted by Crippen LogP contribution is -2.52. The van der Waals surface area contributed by atoms with Gasteiger partial charge in [0.25, 0.3) is 0 Å². The highest BCUT2D eigenvalue weighted by Gasteiger charge is 2.39. The van der Waals surface area contributed by atoms with E-state index in [1.807, 2.05) is 0 Å². The molecule has 0 saturated carbocycles. The van der Waals surface area contributed by atoms with Crippen molar-refractivity contribution >= 4 is 25.2 Å². The first-order valence-electron chi connectivity index (χ1n) is 8.40. The van der Waals surface area contributed by atoms with E-state index < -0.39 is 25.2 Å². The predicted octanol–water partition coefficient (Wildman–Crippen LogP) is 3.83. The van der Waals surface area contributed by atoms with Crippen molar-refractivity contribution in [1.82, 2.24) is 0 Å². The van der Waals surface area contributed by atoms with E-state index in [9.17, 15) is 0 Å². The fourth-order valence-corrected chi connectivity index (χ4v) is 15.0. The monoisotopic (exact) mass is 382 g/mol. The number of hydrogen-bond donors (Lipinski definition) is 0. The molecule has 23 heavy (non-hydrogen) atoms. The summed E-state index contributed by atoms with van der Waals surface area (Å²) in [5.74, 6) is 0.